The van der Waals surface area contributed by atoms with E-state index in [1.54, 1.807) is 0 Å². The number of aryl methyl sites for hydroxylation is 2. The molecule has 0 aliphatic carbocycles. The second kappa shape index (κ2) is 9.34. The van der Waals surface area contributed by atoms with Gasteiger partial charge in [-0.2, -0.15) is 5.10 Å². The average molecular weight is 420 g/mol. The summed E-state index contributed by atoms with van der Waals surface area (Å²) in [5.41, 5.74) is 8.23. The van der Waals surface area contributed by atoms with Crippen LogP contribution in [-0.2, 0) is 20.0 Å². The highest BCUT2D eigenvalue weighted by Gasteiger charge is 2.22. The van der Waals surface area contributed by atoms with Crippen LogP contribution in [0.5, 0.6) is 0 Å². The number of nitrogens with one attached hydrogen (secondary N) is 1. The van der Waals surface area contributed by atoms with Crippen molar-refractivity contribution in [1.82, 2.24) is 20.0 Å². The van der Waals surface area contributed by atoms with Crippen LogP contribution >= 0.6 is 24.0 Å². The predicted molar refractivity (Wildman–Crippen MR) is 102 cm³/mol. The van der Waals surface area contributed by atoms with Gasteiger partial charge in [0.15, 0.2) is 5.96 Å². The van der Waals surface area contributed by atoms with E-state index in [2.05, 4.69) is 34.2 Å². The van der Waals surface area contributed by atoms with Gasteiger partial charge in [0.05, 0.1) is 12.2 Å². The average Bonchev–Trinajstić information content (AvgIpc) is 3.08. The predicted octanol–water partition coefficient (Wildman–Crippen LogP) is 1.49. The molecule has 2 heterocycles. The van der Waals surface area contributed by atoms with E-state index in [9.17, 15) is 0 Å². The molecule has 7 heteroatoms. The van der Waals surface area contributed by atoms with E-state index in [1.807, 2.05) is 17.9 Å². The Morgan fingerprint density at radius 2 is 2.27 bits per heavy atom. The maximum absolute atomic E-state index is 5.98. The monoisotopic (exact) mass is 420 g/mol. The van der Waals surface area contributed by atoms with E-state index in [4.69, 9.17) is 5.73 Å². The first-order chi connectivity index (χ1) is 10.1. The summed E-state index contributed by atoms with van der Waals surface area (Å²) in [5.74, 6) is 0.531. The SMILES string of the molecule is CCc1nn(C)cc1CN=C(N)NCC1CCCN1CC.I. The molecule has 1 unspecified atom stereocenters. The molecule has 1 aliphatic heterocycles. The minimum absolute atomic E-state index is 0. The molecule has 1 saturated heterocycles. The summed E-state index contributed by atoms with van der Waals surface area (Å²) in [5, 5.41) is 7.68. The Kier molecular flexibility index (Phi) is 8.16. The normalized spacial score (nSPS) is 19.2. The highest BCUT2D eigenvalue weighted by atomic mass is 127. The topological polar surface area (TPSA) is 71.5 Å². The van der Waals surface area contributed by atoms with Crippen molar-refractivity contribution in [3.63, 3.8) is 0 Å². The lowest BCUT2D eigenvalue weighted by Gasteiger charge is -2.23. The third kappa shape index (κ3) is 5.12. The zero-order chi connectivity index (χ0) is 15.2. The molecule has 1 atom stereocenters. The van der Waals surface area contributed by atoms with Crippen LogP contribution in [0, 0.1) is 0 Å². The summed E-state index contributed by atoms with van der Waals surface area (Å²) in [6.45, 7) is 8.12. The Morgan fingerprint density at radius 3 is 2.95 bits per heavy atom. The Hall–Kier alpha value is -0.830. The lowest BCUT2D eigenvalue weighted by molar-refractivity contribution is 0.267. The summed E-state index contributed by atoms with van der Waals surface area (Å²) < 4.78 is 1.84. The lowest BCUT2D eigenvalue weighted by Crippen LogP contribution is -2.42. The zero-order valence-corrected chi connectivity index (χ0v) is 16.2. The second-order valence-electron chi connectivity index (χ2n) is 5.64. The molecule has 1 fully saturated rings. The Labute approximate surface area is 150 Å². The van der Waals surface area contributed by atoms with E-state index in [-0.39, 0.29) is 24.0 Å². The Bertz CT molecular complexity index is 484. The Morgan fingerprint density at radius 1 is 1.50 bits per heavy atom. The largest absolute Gasteiger partial charge is 0.370 e. The van der Waals surface area contributed by atoms with Crippen LogP contribution in [0.4, 0.5) is 0 Å². The number of likely N-dealkylation sites (tertiary alicyclic amines) is 1. The van der Waals surface area contributed by atoms with Crippen molar-refractivity contribution in [3.05, 3.63) is 17.5 Å². The van der Waals surface area contributed by atoms with Crippen molar-refractivity contribution in [2.24, 2.45) is 17.8 Å². The van der Waals surface area contributed by atoms with Crippen LogP contribution in [-0.4, -0.2) is 46.3 Å². The molecule has 0 amide bonds. The van der Waals surface area contributed by atoms with E-state index < -0.39 is 0 Å². The van der Waals surface area contributed by atoms with Crippen LogP contribution in [0.15, 0.2) is 11.2 Å². The number of halogens is 1. The van der Waals surface area contributed by atoms with Crippen molar-refractivity contribution in [1.29, 1.82) is 0 Å². The first-order valence-electron chi connectivity index (χ1n) is 7.93. The summed E-state index contributed by atoms with van der Waals surface area (Å²) in [4.78, 5) is 6.94. The maximum atomic E-state index is 5.98. The third-order valence-corrected chi connectivity index (χ3v) is 4.17. The van der Waals surface area contributed by atoms with Gasteiger partial charge in [-0.3, -0.25) is 9.58 Å². The standard InChI is InChI=1S/C15H28N6.HI/c1-4-14-12(11-20(3)19-14)9-17-15(16)18-10-13-7-6-8-21(13)5-2;/h11,13H,4-10H2,1-3H3,(H3,16,17,18);1H. The van der Waals surface area contributed by atoms with Crippen molar-refractivity contribution >= 4 is 29.9 Å². The molecule has 22 heavy (non-hydrogen) atoms. The first-order valence-corrected chi connectivity index (χ1v) is 7.93. The van der Waals surface area contributed by atoms with Gasteiger partial charge in [-0.1, -0.05) is 13.8 Å². The molecule has 0 spiro atoms. The fourth-order valence-electron chi connectivity index (χ4n) is 3.00. The summed E-state index contributed by atoms with van der Waals surface area (Å²) >= 11 is 0. The second-order valence-corrected chi connectivity index (χ2v) is 5.64. The van der Waals surface area contributed by atoms with Gasteiger partial charge in [0.25, 0.3) is 0 Å². The van der Waals surface area contributed by atoms with Crippen LogP contribution < -0.4 is 11.1 Å². The minimum Gasteiger partial charge on any atom is -0.370 e. The molecular weight excluding hydrogens is 391 g/mol. The smallest absolute Gasteiger partial charge is 0.188 e. The maximum Gasteiger partial charge on any atom is 0.188 e. The molecule has 3 N–H and O–H groups in total. The van der Waals surface area contributed by atoms with E-state index in [0.29, 0.717) is 18.5 Å². The van der Waals surface area contributed by atoms with Gasteiger partial charge in [0.1, 0.15) is 0 Å². The molecule has 0 aromatic carbocycles. The number of nitrogens with zero attached hydrogens (tertiary/aromatic N) is 4. The summed E-state index contributed by atoms with van der Waals surface area (Å²) in [6.07, 6.45) is 5.47. The number of nitrogens with two attached hydrogens (primary N) is 1. The molecule has 0 bridgehead atoms. The number of guanidine groups is 1. The summed E-state index contributed by atoms with van der Waals surface area (Å²) in [6, 6.07) is 0.591. The van der Waals surface area contributed by atoms with Crippen LogP contribution in [0.1, 0.15) is 37.9 Å². The molecule has 126 valence electrons. The van der Waals surface area contributed by atoms with Gasteiger partial charge in [0.2, 0.25) is 0 Å². The van der Waals surface area contributed by atoms with Gasteiger partial charge in [0, 0.05) is 31.4 Å². The molecule has 2 rings (SSSR count). The number of hydrogen-bond acceptors (Lipinski definition) is 3. The highest BCUT2D eigenvalue weighted by Crippen LogP contribution is 2.15. The number of aromatic nitrogens is 2. The number of rotatable bonds is 6. The fourth-order valence-corrected chi connectivity index (χ4v) is 3.00. The van der Waals surface area contributed by atoms with Gasteiger partial charge in [-0.25, -0.2) is 4.99 Å². The minimum atomic E-state index is 0. The van der Waals surface area contributed by atoms with Crippen molar-refractivity contribution in [2.45, 2.75) is 45.7 Å². The summed E-state index contributed by atoms with van der Waals surface area (Å²) in [7, 11) is 1.94. The van der Waals surface area contributed by atoms with Gasteiger partial charge in [-0.15, -0.1) is 24.0 Å². The van der Waals surface area contributed by atoms with Crippen molar-refractivity contribution in [3.8, 4) is 0 Å². The first kappa shape index (κ1) is 19.2. The van der Waals surface area contributed by atoms with E-state index in [1.165, 1.54) is 19.4 Å². The Balaban J connectivity index is 0.00000242. The quantitative estimate of drug-likeness (QED) is 0.416. The van der Waals surface area contributed by atoms with Gasteiger partial charge < -0.3 is 11.1 Å². The zero-order valence-electron chi connectivity index (χ0n) is 13.9. The van der Waals surface area contributed by atoms with Crippen LogP contribution in [0.25, 0.3) is 0 Å². The number of aliphatic imine (C=N–C) groups is 1. The molecular formula is C15H29IN6. The lowest BCUT2D eigenvalue weighted by atomic mass is 10.2. The fraction of sp³-hybridized carbons (Fsp3) is 0.733. The molecule has 0 saturated carbocycles. The van der Waals surface area contributed by atoms with Crippen molar-refractivity contribution < 1.29 is 0 Å². The third-order valence-electron chi connectivity index (χ3n) is 4.17. The number of likely N-dealkylation sites (N-methyl/N-ethyl adjacent to an activating group) is 1. The van der Waals surface area contributed by atoms with Gasteiger partial charge in [-0.05, 0) is 32.4 Å². The molecule has 1 aromatic heterocycles. The highest BCUT2D eigenvalue weighted by molar-refractivity contribution is 14.0. The van der Waals surface area contributed by atoms with E-state index >= 15 is 0 Å². The molecule has 0 radical (unpaired) electrons. The van der Waals surface area contributed by atoms with Crippen LogP contribution in [0.2, 0.25) is 0 Å². The number of hydrogen-bond donors (Lipinski definition) is 2. The molecule has 6 nitrogen and oxygen atoms in total. The molecule has 1 aliphatic rings. The molecule has 1 aromatic rings. The van der Waals surface area contributed by atoms with Crippen molar-refractivity contribution in [2.75, 3.05) is 19.6 Å². The van der Waals surface area contributed by atoms with Gasteiger partial charge >= 0.3 is 0 Å². The van der Waals surface area contributed by atoms with Crippen LogP contribution in [0.3, 0.4) is 0 Å². The van der Waals surface area contributed by atoms with E-state index in [0.717, 1.165) is 30.8 Å².